The molecule has 0 saturated carbocycles. The van der Waals surface area contributed by atoms with Gasteiger partial charge in [0.2, 0.25) is 0 Å². The zero-order chi connectivity index (χ0) is 22.8. The van der Waals surface area contributed by atoms with Crippen molar-refractivity contribution in [3.63, 3.8) is 0 Å². The zero-order valence-corrected chi connectivity index (χ0v) is 17.9. The van der Waals surface area contributed by atoms with Crippen molar-refractivity contribution in [2.75, 3.05) is 11.9 Å². The number of anilines is 1. The fourth-order valence-corrected chi connectivity index (χ4v) is 3.92. The Hall–Kier alpha value is -3.13. The number of benzene rings is 2. The number of aryl methyl sites for hydroxylation is 2. The van der Waals surface area contributed by atoms with Crippen LogP contribution in [0, 0.1) is 13.8 Å². The van der Waals surface area contributed by atoms with Crippen molar-refractivity contribution in [3.05, 3.63) is 75.7 Å². The monoisotopic (exact) mass is 447 g/mol. The lowest BCUT2D eigenvalue weighted by Crippen LogP contribution is -2.15. The number of rotatable bonds is 5. The van der Waals surface area contributed by atoms with Crippen LogP contribution >= 0.6 is 11.3 Å². The van der Waals surface area contributed by atoms with Gasteiger partial charge in [0.25, 0.3) is 5.91 Å². The quantitative estimate of drug-likeness (QED) is 0.456. The van der Waals surface area contributed by atoms with E-state index in [2.05, 4.69) is 5.32 Å². The third-order valence-corrected chi connectivity index (χ3v) is 5.69. The predicted molar refractivity (Wildman–Crippen MR) is 115 cm³/mol. The molecule has 1 amide bonds. The van der Waals surface area contributed by atoms with Crippen molar-refractivity contribution in [1.82, 2.24) is 0 Å². The van der Waals surface area contributed by atoms with Gasteiger partial charge in [0.1, 0.15) is 10.6 Å². The molecule has 0 unspecified atom stereocenters. The van der Waals surface area contributed by atoms with Crippen molar-refractivity contribution in [2.45, 2.75) is 26.9 Å². The largest absolute Gasteiger partial charge is 0.462 e. The van der Waals surface area contributed by atoms with E-state index in [0.29, 0.717) is 5.56 Å². The van der Waals surface area contributed by atoms with Crippen molar-refractivity contribution < 1.29 is 27.5 Å². The fraction of sp³-hybridized carbons (Fsp3) is 0.217. The van der Waals surface area contributed by atoms with E-state index in [1.807, 2.05) is 32.0 Å². The second-order valence-electron chi connectivity index (χ2n) is 6.90. The van der Waals surface area contributed by atoms with Crippen LogP contribution in [-0.4, -0.2) is 18.5 Å². The Balaban J connectivity index is 1.95. The molecule has 0 bridgehead atoms. The number of halogens is 3. The van der Waals surface area contributed by atoms with E-state index in [0.717, 1.165) is 52.3 Å². The van der Waals surface area contributed by atoms with Gasteiger partial charge in [0.05, 0.1) is 12.2 Å². The van der Waals surface area contributed by atoms with Crippen LogP contribution in [-0.2, 0) is 10.9 Å². The van der Waals surface area contributed by atoms with Gasteiger partial charge in [-0.3, -0.25) is 4.79 Å². The minimum absolute atomic E-state index is 0.0453. The molecule has 0 radical (unpaired) electrons. The molecule has 2 aromatic carbocycles. The number of carbonyl (C=O) groups excluding carboxylic acids is 2. The molecule has 0 aliphatic heterocycles. The fourth-order valence-electron chi connectivity index (χ4n) is 2.96. The van der Waals surface area contributed by atoms with E-state index in [-0.39, 0.29) is 22.7 Å². The second-order valence-corrected chi connectivity index (χ2v) is 7.78. The summed E-state index contributed by atoms with van der Waals surface area (Å²) in [6.07, 6.45) is -4.49. The standard InChI is InChI=1S/C23H20F3NO3S/c1-4-30-22(29)19-18(16-6-5-13(2)14(3)11-16)12-31-21(19)27-20(28)15-7-9-17(10-8-15)23(24,25)26/h5-12H,4H2,1-3H3,(H,27,28). The maximum atomic E-state index is 12.7. The van der Waals surface area contributed by atoms with Gasteiger partial charge in [-0.2, -0.15) is 13.2 Å². The van der Waals surface area contributed by atoms with Gasteiger partial charge in [0.15, 0.2) is 0 Å². The van der Waals surface area contributed by atoms with E-state index in [1.165, 1.54) is 0 Å². The zero-order valence-electron chi connectivity index (χ0n) is 17.1. The average Bonchev–Trinajstić information content (AvgIpc) is 3.13. The molecule has 0 saturated heterocycles. The van der Waals surface area contributed by atoms with E-state index >= 15 is 0 Å². The topological polar surface area (TPSA) is 55.4 Å². The molecular weight excluding hydrogens is 427 g/mol. The van der Waals surface area contributed by atoms with E-state index < -0.39 is 23.6 Å². The predicted octanol–water partition coefficient (Wildman–Crippen LogP) is 6.48. The van der Waals surface area contributed by atoms with Crippen LogP contribution in [0.25, 0.3) is 11.1 Å². The summed E-state index contributed by atoms with van der Waals surface area (Å²) < 4.78 is 43.4. The second kappa shape index (κ2) is 8.93. The normalized spacial score (nSPS) is 11.3. The third-order valence-electron chi connectivity index (χ3n) is 4.79. The third kappa shape index (κ3) is 4.96. The van der Waals surface area contributed by atoms with Crippen molar-refractivity contribution in [3.8, 4) is 11.1 Å². The Bertz CT molecular complexity index is 1120. The molecule has 0 aliphatic rings. The molecule has 0 spiro atoms. The number of carbonyl (C=O) groups is 2. The van der Waals surface area contributed by atoms with E-state index in [4.69, 9.17) is 4.74 Å². The highest BCUT2D eigenvalue weighted by Crippen LogP contribution is 2.37. The average molecular weight is 447 g/mol. The van der Waals surface area contributed by atoms with Crippen LogP contribution in [0.3, 0.4) is 0 Å². The highest BCUT2D eigenvalue weighted by Gasteiger charge is 2.30. The van der Waals surface area contributed by atoms with Gasteiger partial charge in [-0.25, -0.2) is 4.79 Å². The summed E-state index contributed by atoms with van der Waals surface area (Å²) in [5.74, 6) is -1.20. The Morgan fingerprint density at radius 3 is 2.29 bits per heavy atom. The Kier molecular flexibility index (Phi) is 6.50. The number of amides is 1. The summed E-state index contributed by atoms with van der Waals surface area (Å²) in [5, 5.41) is 4.66. The maximum absolute atomic E-state index is 12.7. The number of esters is 1. The molecule has 8 heteroatoms. The summed E-state index contributed by atoms with van der Waals surface area (Å²) >= 11 is 1.15. The lowest BCUT2D eigenvalue weighted by Gasteiger charge is -2.10. The number of nitrogens with one attached hydrogen (secondary N) is 1. The summed E-state index contributed by atoms with van der Waals surface area (Å²) in [6, 6.07) is 9.65. The number of thiophene rings is 1. The van der Waals surface area contributed by atoms with Crippen LogP contribution in [0.4, 0.5) is 18.2 Å². The Morgan fingerprint density at radius 1 is 1.03 bits per heavy atom. The van der Waals surface area contributed by atoms with Crippen molar-refractivity contribution >= 4 is 28.2 Å². The lowest BCUT2D eigenvalue weighted by molar-refractivity contribution is -0.137. The van der Waals surface area contributed by atoms with Gasteiger partial charge in [-0.15, -0.1) is 11.3 Å². The number of hydrogen-bond donors (Lipinski definition) is 1. The molecule has 0 aliphatic carbocycles. The summed E-state index contributed by atoms with van der Waals surface area (Å²) in [4.78, 5) is 25.3. The molecule has 1 heterocycles. The minimum atomic E-state index is -4.49. The van der Waals surface area contributed by atoms with Gasteiger partial charge in [-0.1, -0.05) is 18.2 Å². The first kappa shape index (κ1) is 22.6. The number of alkyl halides is 3. The van der Waals surface area contributed by atoms with Gasteiger partial charge >= 0.3 is 12.1 Å². The summed E-state index contributed by atoms with van der Waals surface area (Å²) in [7, 11) is 0. The van der Waals surface area contributed by atoms with Crippen molar-refractivity contribution in [1.29, 1.82) is 0 Å². The lowest BCUT2D eigenvalue weighted by atomic mass is 9.99. The van der Waals surface area contributed by atoms with E-state index in [1.54, 1.807) is 12.3 Å². The molecule has 3 rings (SSSR count). The summed E-state index contributed by atoms with van der Waals surface area (Å²) in [6.45, 7) is 5.78. The molecule has 0 atom stereocenters. The van der Waals surface area contributed by atoms with Crippen LogP contribution in [0.15, 0.2) is 47.8 Å². The first-order valence-corrected chi connectivity index (χ1v) is 10.3. The highest BCUT2D eigenvalue weighted by molar-refractivity contribution is 7.15. The highest BCUT2D eigenvalue weighted by atomic mass is 32.1. The van der Waals surface area contributed by atoms with Crippen molar-refractivity contribution in [2.24, 2.45) is 0 Å². The molecule has 31 heavy (non-hydrogen) atoms. The van der Waals surface area contributed by atoms with E-state index in [9.17, 15) is 22.8 Å². The number of ether oxygens (including phenoxy) is 1. The van der Waals surface area contributed by atoms with Gasteiger partial charge < -0.3 is 10.1 Å². The molecule has 3 aromatic rings. The van der Waals surface area contributed by atoms with Gasteiger partial charge in [-0.05, 0) is 61.7 Å². The molecule has 1 aromatic heterocycles. The van der Waals surface area contributed by atoms with Crippen LogP contribution in [0.5, 0.6) is 0 Å². The molecule has 0 fully saturated rings. The molecular formula is C23H20F3NO3S. The Labute approximate surface area is 181 Å². The van der Waals surface area contributed by atoms with Crippen LogP contribution < -0.4 is 5.32 Å². The first-order chi connectivity index (χ1) is 14.6. The van der Waals surface area contributed by atoms with Gasteiger partial charge in [0, 0.05) is 16.5 Å². The van der Waals surface area contributed by atoms with Crippen LogP contribution in [0.1, 0.15) is 44.3 Å². The Morgan fingerprint density at radius 2 is 1.71 bits per heavy atom. The number of hydrogen-bond acceptors (Lipinski definition) is 4. The smallest absolute Gasteiger partial charge is 0.416 e. The first-order valence-electron chi connectivity index (χ1n) is 9.46. The maximum Gasteiger partial charge on any atom is 0.416 e. The minimum Gasteiger partial charge on any atom is -0.462 e. The SMILES string of the molecule is CCOC(=O)c1c(-c2ccc(C)c(C)c2)csc1NC(=O)c1ccc(C(F)(F)F)cc1. The molecule has 4 nitrogen and oxygen atoms in total. The molecule has 1 N–H and O–H groups in total. The van der Waals surface area contributed by atoms with Crippen LogP contribution in [0.2, 0.25) is 0 Å². The molecule has 162 valence electrons. The summed E-state index contributed by atoms with van der Waals surface area (Å²) in [5.41, 5.74) is 3.00.